The van der Waals surface area contributed by atoms with Gasteiger partial charge in [0, 0.05) is 38.7 Å². The highest BCUT2D eigenvalue weighted by Gasteiger charge is 2.36. The minimum Gasteiger partial charge on any atom is -0.493 e. The lowest BCUT2D eigenvalue weighted by atomic mass is 10.1. The summed E-state index contributed by atoms with van der Waals surface area (Å²) in [6, 6.07) is 6.42. The van der Waals surface area contributed by atoms with Crippen molar-refractivity contribution >= 4 is 5.91 Å². The van der Waals surface area contributed by atoms with E-state index < -0.39 is 0 Å². The highest BCUT2D eigenvalue weighted by molar-refractivity contribution is 5.82. The second-order valence-electron chi connectivity index (χ2n) is 6.79. The molecule has 138 valence electrons. The standard InChI is InChI=1S/C19H28N2O4/c1-14-3-4-15(11-17(14)24-9-2-8-22)13-21(16-5-6-16)19(23)18-12-20-7-10-25-18/h3-4,11,16,18,20,22H,2,5-10,12-13H2,1H3/t18-/m1/s1. The van der Waals surface area contributed by atoms with E-state index >= 15 is 0 Å². The number of nitrogens with zero attached hydrogens (tertiary/aromatic N) is 1. The number of benzene rings is 1. The van der Waals surface area contributed by atoms with Crippen molar-refractivity contribution in [3.05, 3.63) is 29.3 Å². The number of rotatable bonds is 8. The molecule has 0 unspecified atom stereocenters. The Bertz CT molecular complexity index is 583. The van der Waals surface area contributed by atoms with Gasteiger partial charge in [-0.15, -0.1) is 0 Å². The van der Waals surface area contributed by atoms with Gasteiger partial charge in [-0.3, -0.25) is 4.79 Å². The van der Waals surface area contributed by atoms with E-state index in [0.29, 0.717) is 38.8 Å². The second kappa shape index (κ2) is 8.65. The van der Waals surface area contributed by atoms with E-state index in [1.54, 1.807) is 0 Å². The van der Waals surface area contributed by atoms with E-state index in [1.165, 1.54) is 0 Å². The van der Waals surface area contributed by atoms with Crippen LogP contribution in [0.15, 0.2) is 18.2 Å². The van der Waals surface area contributed by atoms with Crippen molar-refractivity contribution in [2.75, 3.05) is 32.9 Å². The summed E-state index contributed by atoms with van der Waals surface area (Å²) in [7, 11) is 0. The van der Waals surface area contributed by atoms with Crippen LogP contribution in [-0.4, -0.2) is 61.0 Å². The van der Waals surface area contributed by atoms with Crippen molar-refractivity contribution < 1.29 is 19.4 Å². The summed E-state index contributed by atoms with van der Waals surface area (Å²) in [5.74, 6) is 0.905. The molecule has 1 saturated carbocycles. The summed E-state index contributed by atoms with van der Waals surface area (Å²) in [6.45, 7) is 5.18. The van der Waals surface area contributed by atoms with Crippen LogP contribution in [-0.2, 0) is 16.1 Å². The molecule has 2 aliphatic rings. The fourth-order valence-corrected chi connectivity index (χ4v) is 3.02. The molecule has 1 saturated heterocycles. The van der Waals surface area contributed by atoms with Crippen LogP contribution in [0, 0.1) is 6.92 Å². The van der Waals surface area contributed by atoms with Gasteiger partial charge in [-0.05, 0) is 37.0 Å². The van der Waals surface area contributed by atoms with Gasteiger partial charge in [0.2, 0.25) is 0 Å². The molecule has 6 heteroatoms. The Hall–Kier alpha value is -1.63. The van der Waals surface area contributed by atoms with Crippen LogP contribution >= 0.6 is 0 Å². The van der Waals surface area contributed by atoms with Crippen molar-refractivity contribution in [2.24, 2.45) is 0 Å². The summed E-state index contributed by atoms with van der Waals surface area (Å²) in [5, 5.41) is 12.1. The maximum absolute atomic E-state index is 12.8. The molecule has 3 rings (SSSR count). The lowest BCUT2D eigenvalue weighted by molar-refractivity contribution is -0.146. The number of carbonyl (C=O) groups excluding carboxylic acids is 1. The molecular formula is C19H28N2O4. The van der Waals surface area contributed by atoms with E-state index in [-0.39, 0.29) is 18.6 Å². The number of nitrogens with one attached hydrogen (secondary N) is 1. The van der Waals surface area contributed by atoms with Crippen LogP contribution in [0.5, 0.6) is 5.75 Å². The van der Waals surface area contributed by atoms with Crippen LogP contribution in [0.3, 0.4) is 0 Å². The molecule has 0 spiro atoms. The lowest BCUT2D eigenvalue weighted by Crippen LogP contribution is -2.49. The number of carbonyl (C=O) groups is 1. The Kier molecular flexibility index (Phi) is 6.29. The zero-order valence-electron chi connectivity index (χ0n) is 14.9. The van der Waals surface area contributed by atoms with Gasteiger partial charge in [-0.2, -0.15) is 0 Å². The van der Waals surface area contributed by atoms with Gasteiger partial charge in [0.25, 0.3) is 5.91 Å². The summed E-state index contributed by atoms with van der Waals surface area (Å²) in [5.41, 5.74) is 2.12. The molecular weight excluding hydrogens is 320 g/mol. The molecule has 25 heavy (non-hydrogen) atoms. The molecule has 0 aromatic heterocycles. The monoisotopic (exact) mass is 348 g/mol. The van der Waals surface area contributed by atoms with Crippen molar-refractivity contribution in [1.82, 2.24) is 10.2 Å². The number of aliphatic hydroxyl groups excluding tert-OH is 1. The quantitative estimate of drug-likeness (QED) is 0.692. The van der Waals surface area contributed by atoms with Gasteiger partial charge in [-0.1, -0.05) is 12.1 Å². The minimum atomic E-state index is -0.375. The number of hydrogen-bond acceptors (Lipinski definition) is 5. The molecule has 1 atom stereocenters. The first-order chi connectivity index (χ1) is 12.2. The van der Waals surface area contributed by atoms with Crippen LogP contribution in [0.25, 0.3) is 0 Å². The fourth-order valence-electron chi connectivity index (χ4n) is 3.02. The van der Waals surface area contributed by atoms with Crippen LogP contribution in [0.1, 0.15) is 30.4 Å². The lowest BCUT2D eigenvalue weighted by Gasteiger charge is -2.30. The average molecular weight is 348 g/mol. The zero-order valence-corrected chi connectivity index (χ0v) is 14.9. The normalized spacial score (nSPS) is 20.3. The smallest absolute Gasteiger partial charge is 0.253 e. The third kappa shape index (κ3) is 4.93. The van der Waals surface area contributed by atoms with Crippen molar-refractivity contribution in [3.8, 4) is 5.75 Å². The Morgan fingerprint density at radius 1 is 1.44 bits per heavy atom. The molecule has 1 heterocycles. The van der Waals surface area contributed by atoms with E-state index in [4.69, 9.17) is 14.6 Å². The van der Waals surface area contributed by atoms with Crippen LogP contribution < -0.4 is 10.1 Å². The van der Waals surface area contributed by atoms with Crippen LogP contribution in [0.4, 0.5) is 0 Å². The SMILES string of the molecule is Cc1ccc(CN(C(=O)[C@H]2CNCCO2)C2CC2)cc1OCCCO. The van der Waals surface area contributed by atoms with Crippen molar-refractivity contribution in [3.63, 3.8) is 0 Å². The third-order valence-corrected chi connectivity index (χ3v) is 4.64. The van der Waals surface area contributed by atoms with Crippen molar-refractivity contribution in [1.29, 1.82) is 0 Å². The highest BCUT2D eigenvalue weighted by Crippen LogP contribution is 2.30. The largest absolute Gasteiger partial charge is 0.493 e. The Morgan fingerprint density at radius 3 is 2.96 bits per heavy atom. The predicted octanol–water partition coefficient (Wildman–Crippen LogP) is 1.24. The van der Waals surface area contributed by atoms with E-state index in [9.17, 15) is 4.79 Å². The first-order valence-electron chi connectivity index (χ1n) is 9.15. The Morgan fingerprint density at radius 2 is 2.28 bits per heavy atom. The Labute approximate surface area is 149 Å². The summed E-state index contributed by atoms with van der Waals surface area (Å²) >= 11 is 0. The maximum atomic E-state index is 12.8. The molecule has 1 aliphatic carbocycles. The van der Waals surface area contributed by atoms with Gasteiger partial charge in [0.1, 0.15) is 11.9 Å². The molecule has 1 amide bonds. The number of ether oxygens (including phenoxy) is 2. The number of morpholine rings is 1. The molecule has 2 fully saturated rings. The molecule has 2 N–H and O–H groups in total. The topological polar surface area (TPSA) is 71.0 Å². The van der Waals surface area contributed by atoms with E-state index in [1.807, 2.05) is 24.0 Å². The first kappa shape index (κ1) is 18.2. The number of hydrogen-bond donors (Lipinski definition) is 2. The van der Waals surface area contributed by atoms with Crippen LogP contribution in [0.2, 0.25) is 0 Å². The molecule has 1 aliphatic heterocycles. The first-order valence-corrected chi connectivity index (χ1v) is 9.15. The fraction of sp³-hybridized carbons (Fsp3) is 0.632. The average Bonchev–Trinajstić information content (AvgIpc) is 3.47. The molecule has 0 radical (unpaired) electrons. The minimum absolute atomic E-state index is 0.0815. The Balaban J connectivity index is 1.67. The van der Waals surface area contributed by atoms with E-state index in [0.717, 1.165) is 36.3 Å². The van der Waals surface area contributed by atoms with Gasteiger partial charge in [0.05, 0.1) is 13.2 Å². The number of amides is 1. The highest BCUT2D eigenvalue weighted by atomic mass is 16.5. The van der Waals surface area contributed by atoms with Crippen molar-refractivity contribution in [2.45, 2.75) is 44.9 Å². The molecule has 6 nitrogen and oxygen atoms in total. The second-order valence-corrected chi connectivity index (χ2v) is 6.79. The zero-order chi connectivity index (χ0) is 17.6. The van der Waals surface area contributed by atoms with Gasteiger partial charge in [0.15, 0.2) is 0 Å². The summed E-state index contributed by atoms with van der Waals surface area (Å²) in [6.07, 6.45) is 2.37. The number of aryl methyl sites for hydroxylation is 1. The van der Waals surface area contributed by atoms with Gasteiger partial charge < -0.3 is 24.8 Å². The predicted molar refractivity (Wildman–Crippen MR) is 94.6 cm³/mol. The number of aliphatic hydroxyl groups is 1. The maximum Gasteiger partial charge on any atom is 0.253 e. The van der Waals surface area contributed by atoms with Gasteiger partial charge >= 0.3 is 0 Å². The third-order valence-electron chi connectivity index (χ3n) is 4.64. The van der Waals surface area contributed by atoms with Gasteiger partial charge in [-0.25, -0.2) is 0 Å². The van der Waals surface area contributed by atoms with E-state index in [2.05, 4.69) is 11.4 Å². The molecule has 1 aromatic rings. The summed E-state index contributed by atoms with van der Waals surface area (Å²) in [4.78, 5) is 14.8. The molecule has 1 aromatic carbocycles. The summed E-state index contributed by atoms with van der Waals surface area (Å²) < 4.78 is 11.4. The molecule has 0 bridgehead atoms.